The lowest BCUT2D eigenvalue weighted by atomic mass is 10.1. The van der Waals surface area contributed by atoms with Crippen LogP contribution < -0.4 is 15.8 Å². The molecule has 33 heavy (non-hydrogen) atoms. The highest BCUT2D eigenvalue weighted by atomic mass is 19.1. The van der Waals surface area contributed by atoms with Gasteiger partial charge in [0.05, 0.1) is 31.6 Å². The van der Waals surface area contributed by atoms with Gasteiger partial charge in [-0.05, 0) is 62.2 Å². The zero-order valence-corrected chi connectivity index (χ0v) is 19.3. The number of ether oxygens (including phenoxy) is 3. The second-order valence-corrected chi connectivity index (χ2v) is 8.48. The Labute approximate surface area is 191 Å². The number of benzene rings is 2. The molecule has 0 unspecified atom stereocenters. The number of nitrogens with one attached hydrogen (secondary N) is 1. The van der Waals surface area contributed by atoms with E-state index in [9.17, 15) is 9.18 Å². The summed E-state index contributed by atoms with van der Waals surface area (Å²) in [5, 5.41) is 6.84. The quantitative estimate of drug-likeness (QED) is 0.509. The van der Waals surface area contributed by atoms with Crippen molar-refractivity contribution in [1.29, 1.82) is 0 Å². The molecule has 2 aromatic carbocycles. The number of nitrogens with two attached hydrogens (primary N) is 1. The van der Waals surface area contributed by atoms with Crippen molar-refractivity contribution in [1.82, 2.24) is 14.8 Å². The summed E-state index contributed by atoms with van der Waals surface area (Å²) in [6, 6.07) is 7.76. The van der Waals surface area contributed by atoms with Crippen molar-refractivity contribution in [2.75, 3.05) is 18.2 Å². The van der Waals surface area contributed by atoms with Crippen molar-refractivity contribution < 1.29 is 23.4 Å². The molecule has 1 heterocycles. The zero-order chi connectivity index (χ0) is 24.2. The molecule has 0 saturated carbocycles. The van der Waals surface area contributed by atoms with Gasteiger partial charge in [-0.15, -0.1) is 0 Å². The average Bonchev–Trinajstić information content (AvgIpc) is 3.12. The molecule has 0 atom stereocenters. The summed E-state index contributed by atoms with van der Waals surface area (Å²) >= 11 is 0. The number of rotatable bonds is 7. The number of halogens is 1. The minimum absolute atomic E-state index is 0.115. The van der Waals surface area contributed by atoms with Gasteiger partial charge >= 0.3 is 6.09 Å². The molecular formula is C23H28FN5O4. The Morgan fingerprint density at radius 3 is 2.45 bits per heavy atom. The maximum absolute atomic E-state index is 14.1. The molecule has 0 bridgehead atoms. The van der Waals surface area contributed by atoms with E-state index in [4.69, 9.17) is 19.9 Å². The van der Waals surface area contributed by atoms with Crippen LogP contribution in [0.1, 0.15) is 31.9 Å². The number of hydrogen-bond donors (Lipinski definition) is 2. The number of carbonyl (C=O) groups is 1. The van der Waals surface area contributed by atoms with Gasteiger partial charge in [0.2, 0.25) is 0 Å². The van der Waals surface area contributed by atoms with E-state index < -0.39 is 17.5 Å². The number of aryl methyl sites for hydroxylation is 1. The summed E-state index contributed by atoms with van der Waals surface area (Å²) in [5.74, 6) is 0.457. The topological polar surface area (TPSA) is 114 Å². The highest BCUT2D eigenvalue weighted by Gasteiger charge is 2.17. The Morgan fingerprint density at radius 1 is 1.15 bits per heavy atom. The molecule has 3 rings (SSSR count). The van der Waals surface area contributed by atoms with E-state index in [0.717, 1.165) is 5.56 Å². The van der Waals surface area contributed by atoms with Crippen LogP contribution in [0.2, 0.25) is 0 Å². The third-order valence-corrected chi connectivity index (χ3v) is 4.36. The maximum atomic E-state index is 14.1. The van der Waals surface area contributed by atoms with E-state index in [1.165, 1.54) is 19.2 Å². The maximum Gasteiger partial charge on any atom is 0.412 e. The molecule has 0 aliphatic rings. The fraction of sp³-hybridized carbons (Fsp3) is 0.348. The van der Waals surface area contributed by atoms with Crippen LogP contribution in [0.5, 0.6) is 5.75 Å². The Kier molecular flexibility index (Phi) is 7.17. The number of nitrogen functional groups attached to an aromatic ring is 1. The van der Waals surface area contributed by atoms with E-state index >= 15 is 0 Å². The molecule has 0 aliphatic carbocycles. The van der Waals surface area contributed by atoms with Crippen molar-refractivity contribution in [3.63, 3.8) is 0 Å². The molecule has 0 saturated heterocycles. The number of hydrogen-bond acceptors (Lipinski definition) is 7. The van der Waals surface area contributed by atoms with Crippen LogP contribution >= 0.6 is 0 Å². The van der Waals surface area contributed by atoms with Crippen LogP contribution in [-0.2, 0) is 29.7 Å². The zero-order valence-electron chi connectivity index (χ0n) is 19.3. The number of nitrogens with zero attached hydrogens (tertiary/aromatic N) is 3. The lowest BCUT2D eigenvalue weighted by Crippen LogP contribution is -2.27. The summed E-state index contributed by atoms with van der Waals surface area (Å²) in [5.41, 5.74) is 8.16. The summed E-state index contributed by atoms with van der Waals surface area (Å²) in [4.78, 5) is 16.2. The van der Waals surface area contributed by atoms with Gasteiger partial charge in [0, 0.05) is 12.7 Å². The predicted molar refractivity (Wildman–Crippen MR) is 122 cm³/mol. The van der Waals surface area contributed by atoms with Gasteiger partial charge in [-0.3, -0.25) is 10.00 Å². The third kappa shape index (κ3) is 6.66. The number of methoxy groups -OCH3 is 1. The molecule has 1 amide bonds. The predicted octanol–water partition coefficient (Wildman–Crippen LogP) is 4.28. The van der Waals surface area contributed by atoms with E-state index in [1.54, 1.807) is 51.0 Å². The Morgan fingerprint density at radius 2 is 1.85 bits per heavy atom. The van der Waals surface area contributed by atoms with Crippen LogP contribution in [0.4, 0.5) is 20.6 Å². The van der Waals surface area contributed by atoms with E-state index in [2.05, 4.69) is 15.4 Å². The van der Waals surface area contributed by atoms with E-state index in [1.807, 2.05) is 6.07 Å². The Bertz CT molecular complexity index is 1140. The van der Waals surface area contributed by atoms with Crippen molar-refractivity contribution in [2.45, 2.75) is 39.6 Å². The number of aromatic nitrogens is 3. The molecule has 1 aromatic heterocycles. The molecule has 0 radical (unpaired) electrons. The summed E-state index contributed by atoms with van der Waals surface area (Å²) < 4.78 is 32.0. The molecule has 176 valence electrons. The molecule has 9 nitrogen and oxygen atoms in total. The SMILES string of the molecule is COc1c(N)cc(COCc2cc(F)cc(NC(=O)OC(C)(C)C)c2)cc1-c1ncn(C)n1. The monoisotopic (exact) mass is 457 g/mol. The fourth-order valence-corrected chi connectivity index (χ4v) is 3.17. The molecule has 10 heteroatoms. The largest absolute Gasteiger partial charge is 0.494 e. The minimum atomic E-state index is -0.663. The number of amides is 1. The second-order valence-electron chi connectivity index (χ2n) is 8.48. The van der Waals surface area contributed by atoms with Gasteiger partial charge in [0.1, 0.15) is 17.7 Å². The Hall–Kier alpha value is -3.66. The number of carbonyl (C=O) groups excluding carboxylic acids is 1. The molecule has 0 aliphatic heterocycles. The van der Waals surface area contributed by atoms with Crippen LogP contribution in [0.15, 0.2) is 36.7 Å². The molecule has 3 aromatic rings. The number of anilines is 2. The molecule has 3 N–H and O–H groups in total. The van der Waals surface area contributed by atoms with Crippen LogP contribution in [0, 0.1) is 5.82 Å². The summed E-state index contributed by atoms with van der Waals surface area (Å²) in [6.45, 7) is 5.57. The van der Waals surface area contributed by atoms with Crippen LogP contribution in [0.25, 0.3) is 11.4 Å². The van der Waals surface area contributed by atoms with Crippen LogP contribution in [0.3, 0.4) is 0 Å². The minimum Gasteiger partial charge on any atom is -0.494 e. The first-order valence-corrected chi connectivity index (χ1v) is 10.2. The van der Waals surface area contributed by atoms with Gasteiger partial charge in [-0.25, -0.2) is 14.2 Å². The standard InChI is InChI=1S/C23H28FN5O4/c1-23(2,3)33-22(30)27-17-7-14(6-16(24)10-17)11-32-12-15-8-18(20(31-5)19(25)9-15)21-26-13-29(4)28-21/h6-10,13H,11-12,25H2,1-5H3,(H,27,30). The summed E-state index contributed by atoms with van der Waals surface area (Å²) in [6.07, 6.45) is 0.922. The lowest BCUT2D eigenvalue weighted by Gasteiger charge is -2.19. The van der Waals surface area contributed by atoms with Gasteiger partial charge in [0.15, 0.2) is 11.6 Å². The molecule has 0 fully saturated rings. The lowest BCUT2D eigenvalue weighted by molar-refractivity contribution is 0.0636. The fourth-order valence-electron chi connectivity index (χ4n) is 3.17. The third-order valence-electron chi connectivity index (χ3n) is 4.36. The van der Waals surface area contributed by atoms with Gasteiger partial charge in [-0.2, -0.15) is 5.10 Å². The highest BCUT2D eigenvalue weighted by molar-refractivity contribution is 5.85. The van der Waals surface area contributed by atoms with Gasteiger partial charge < -0.3 is 19.9 Å². The van der Waals surface area contributed by atoms with E-state index in [0.29, 0.717) is 28.4 Å². The normalized spacial score (nSPS) is 11.3. The first-order chi connectivity index (χ1) is 15.5. The van der Waals surface area contributed by atoms with Gasteiger partial charge in [0.25, 0.3) is 0 Å². The van der Waals surface area contributed by atoms with Crippen molar-refractivity contribution in [3.05, 3.63) is 53.6 Å². The average molecular weight is 458 g/mol. The van der Waals surface area contributed by atoms with Crippen molar-refractivity contribution >= 4 is 17.5 Å². The first-order valence-electron chi connectivity index (χ1n) is 10.2. The van der Waals surface area contributed by atoms with Crippen molar-refractivity contribution in [2.24, 2.45) is 7.05 Å². The van der Waals surface area contributed by atoms with Crippen molar-refractivity contribution in [3.8, 4) is 17.1 Å². The summed E-state index contributed by atoms with van der Waals surface area (Å²) in [7, 11) is 3.30. The second kappa shape index (κ2) is 9.86. The Balaban J connectivity index is 1.69. The molecule has 0 spiro atoms. The smallest absolute Gasteiger partial charge is 0.412 e. The highest BCUT2D eigenvalue weighted by Crippen LogP contribution is 2.34. The first kappa shape index (κ1) is 24.0. The van der Waals surface area contributed by atoms with Gasteiger partial charge in [-0.1, -0.05) is 0 Å². The van der Waals surface area contributed by atoms with Crippen LogP contribution in [-0.4, -0.2) is 33.6 Å². The van der Waals surface area contributed by atoms with E-state index in [-0.39, 0.29) is 18.9 Å². The molecular weight excluding hydrogens is 429 g/mol.